The van der Waals surface area contributed by atoms with Crippen LogP contribution < -0.4 is 10.4 Å². The third-order valence-electron chi connectivity index (χ3n) is 9.31. The van der Waals surface area contributed by atoms with Gasteiger partial charge >= 0.3 is 50.2 Å². The molecule has 1 aliphatic rings. The number of benzene rings is 6. The first-order valence-corrected chi connectivity index (χ1v) is 24.6. The fraction of sp³-hybridized carbons (Fsp3) is 0.0870. The van der Waals surface area contributed by atoms with Crippen LogP contribution >= 0.6 is 17.0 Å². The van der Waals surface area contributed by atoms with E-state index in [0.717, 1.165) is 42.9 Å². The van der Waals surface area contributed by atoms with Gasteiger partial charge in [-0.3, -0.25) is 0 Å². The smallest absolute Gasteiger partial charge is 0.0920 e. The minimum absolute atomic E-state index is 0.588. The molecule has 0 fully saturated rings. The molecule has 0 saturated heterocycles. The number of rotatable bonds is 2. The van der Waals surface area contributed by atoms with Crippen LogP contribution in [0.3, 0.4) is 0 Å². The number of alkyl halides is 6. The normalized spacial score (nSPS) is 11.7. The molecular formula is C46H31Cl2F6SiZr-3. The zero-order chi connectivity index (χ0) is 40.0. The van der Waals surface area contributed by atoms with E-state index in [4.69, 9.17) is 17.0 Å². The maximum absolute atomic E-state index is 12.9. The van der Waals surface area contributed by atoms with E-state index in [9.17, 15) is 26.3 Å². The predicted octanol–water partition coefficient (Wildman–Crippen LogP) is 13.6. The molecule has 8 aromatic carbocycles. The number of aryl methyl sites for hydroxylation is 2. The Labute approximate surface area is 343 Å². The van der Waals surface area contributed by atoms with Gasteiger partial charge in [0.05, 0.1) is 9.52 Å². The zero-order valence-electron chi connectivity index (χ0n) is 30.0. The molecule has 0 N–H and O–H groups in total. The Morgan fingerprint density at radius 1 is 0.554 bits per heavy atom. The van der Waals surface area contributed by atoms with E-state index in [1.54, 1.807) is 12.1 Å². The van der Waals surface area contributed by atoms with Gasteiger partial charge in [-0.2, -0.15) is 67.9 Å². The van der Waals surface area contributed by atoms with Crippen molar-refractivity contribution in [1.29, 1.82) is 0 Å². The van der Waals surface area contributed by atoms with E-state index in [1.165, 1.54) is 45.8 Å². The molecule has 9 rings (SSSR count). The molecule has 1 heterocycles. The van der Waals surface area contributed by atoms with E-state index in [1.807, 2.05) is 92.7 Å². The summed E-state index contributed by atoms with van der Waals surface area (Å²) in [5.74, 6) is 0. The summed E-state index contributed by atoms with van der Waals surface area (Å²) in [5.41, 5.74) is 7.17. The van der Waals surface area contributed by atoms with Crippen LogP contribution in [0.25, 0.3) is 54.9 Å². The van der Waals surface area contributed by atoms with Crippen molar-refractivity contribution in [3.63, 3.8) is 0 Å². The van der Waals surface area contributed by atoms with Crippen molar-refractivity contribution in [2.75, 3.05) is 0 Å². The Bertz CT molecular complexity index is 2380. The van der Waals surface area contributed by atoms with E-state index in [2.05, 4.69) is 42.5 Å². The van der Waals surface area contributed by atoms with Crippen LogP contribution in [-0.2, 0) is 33.2 Å². The molecule has 10 heteroatoms. The predicted molar refractivity (Wildman–Crippen MR) is 217 cm³/mol. The van der Waals surface area contributed by atoms with Crippen LogP contribution in [0, 0.1) is 19.9 Å². The third-order valence-corrected chi connectivity index (χ3v) is 10.7. The van der Waals surface area contributed by atoms with Gasteiger partial charge in [0, 0.05) is 0 Å². The Hall–Kier alpha value is -4.20. The summed E-state index contributed by atoms with van der Waals surface area (Å²) >= 11 is -0.826. The van der Waals surface area contributed by atoms with Crippen molar-refractivity contribution < 1.29 is 47.2 Å². The van der Waals surface area contributed by atoms with Gasteiger partial charge in [0.1, 0.15) is 0 Å². The maximum atomic E-state index is 12.9. The van der Waals surface area contributed by atoms with Gasteiger partial charge in [0.15, 0.2) is 0 Å². The molecule has 282 valence electrons. The van der Waals surface area contributed by atoms with Gasteiger partial charge < -0.3 is 0 Å². The number of fused-ring (bicyclic) bond motifs is 5. The summed E-state index contributed by atoms with van der Waals surface area (Å²) in [6, 6.07) is 49.3. The number of hydrogen-bond donors (Lipinski definition) is 0. The molecule has 56 heavy (non-hydrogen) atoms. The molecule has 0 atom stereocenters. The average Bonchev–Trinajstić information content (AvgIpc) is 3.92. The molecule has 1 aliphatic heterocycles. The van der Waals surface area contributed by atoms with E-state index < -0.39 is 44.3 Å². The summed E-state index contributed by atoms with van der Waals surface area (Å²) in [4.78, 5) is 0. The van der Waals surface area contributed by atoms with Crippen LogP contribution in [0.2, 0.25) is 0 Å². The third kappa shape index (κ3) is 9.49. The molecule has 0 unspecified atom stereocenters. The van der Waals surface area contributed by atoms with Gasteiger partial charge in [-0.25, -0.2) is 0 Å². The first-order valence-electron chi connectivity index (χ1n) is 17.3. The molecule has 8 aromatic rings. The summed E-state index contributed by atoms with van der Waals surface area (Å²) in [7, 11) is 10.7. The average molecular weight is 888 g/mol. The van der Waals surface area contributed by atoms with Crippen molar-refractivity contribution >= 4 is 58.5 Å². The topological polar surface area (TPSA) is 0 Å². The second kappa shape index (κ2) is 17.9. The maximum Gasteiger partial charge on any atom is 0.0920 e. The summed E-state index contributed by atoms with van der Waals surface area (Å²) in [6.07, 6.45) is -8.61. The van der Waals surface area contributed by atoms with Gasteiger partial charge in [-0.05, 0) is 36.1 Å². The molecule has 0 amide bonds. The minimum atomic E-state index is -4.30. The van der Waals surface area contributed by atoms with Crippen molar-refractivity contribution in [2.24, 2.45) is 0 Å². The van der Waals surface area contributed by atoms with Gasteiger partial charge in [0.25, 0.3) is 0 Å². The van der Waals surface area contributed by atoms with Gasteiger partial charge in [0.2, 0.25) is 0 Å². The zero-order valence-corrected chi connectivity index (χ0v) is 34.9. The van der Waals surface area contributed by atoms with Crippen molar-refractivity contribution in [3.8, 4) is 33.4 Å². The van der Waals surface area contributed by atoms with E-state index in [-0.39, 0.29) is 0 Å². The molecule has 0 saturated carbocycles. The summed E-state index contributed by atoms with van der Waals surface area (Å²) in [6.45, 7) is 3.84. The monoisotopic (exact) mass is 885 g/mol. The summed E-state index contributed by atoms with van der Waals surface area (Å²) in [5, 5.41) is 5.39. The van der Waals surface area contributed by atoms with Crippen LogP contribution in [0.5, 0.6) is 0 Å². The standard InChI is InChI=1S/2C17H12F3.C12H7Si.2ClH.Zr/c2*1-11-7-8-13-9-14(17(18,19)20)10-15(13)16(11)12-5-3-2-4-6-12;1-3-7-11-9(5-1)10-6-2-4-8-12(10)13-11;;;/h2*2-10H,1H3;1-7H;2*1H;/q3*-1;;;+2/p-2. The Morgan fingerprint density at radius 3 is 1.45 bits per heavy atom. The van der Waals surface area contributed by atoms with E-state index in [0.29, 0.717) is 21.5 Å². The molecule has 0 bridgehead atoms. The fourth-order valence-electron chi connectivity index (χ4n) is 6.81. The Balaban J connectivity index is 0.000000140. The second-order valence-electron chi connectivity index (χ2n) is 12.9. The summed E-state index contributed by atoms with van der Waals surface area (Å²) < 4.78 is 77.2. The molecule has 2 radical (unpaired) electrons. The van der Waals surface area contributed by atoms with Crippen LogP contribution in [0.4, 0.5) is 26.3 Å². The SMILES string of the molecule is Cc1ccc2[cH-]c(C(F)(F)F)cc2c1-c1ccccc1.Cc1ccc2[cH-]c(C(F)(F)F)cc2c1-c1ccccc1.[Cl][Zr][Cl].[c-]1cccc2c1[Si]c1ccccc1-2. The Kier molecular flexibility index (Phi) is 13.3. The fourth-order valence-corrected chi connectivity index (χ4v) is 8.12. The molecule has 0 aliphatic carbocycles. The van der Waals surface area contributed by atoms with Crippen molar-refractivity contribution in [1.82, 2.24) is 0 Å². The minimum Gasteiger partial charge on any atom is -0.184 e. The van der Waals surface area contributed by atoms with E-state index >= 15 is 0 Å². The quantitative estimate of drug-likeness (QED) is 0.0922. The first kappa shape index (κ1) is 41.4. The number of halogens is 8. The molecular weight excluding hydrogens is 857 g/mol. The van der Waals surface area contributed by atoms with Crippen molar-refractivity contribution in [2.45, 2.75) is 26.2 Å². The van der Waals surface area contributed by atoms with Gasteiger partial charge in [-0.15, -0.1) is 63.5 Å². The second-order valence-corrected chi connectivity index (χ2v) is 18.0. The van der Waals surface area contributed by atoms with Crippen LogP contribution in [-0.4, -0.2) is 9.52 Å². The number of hydrogen-bond acceptors (Lipinski definition) is 0. The van der Waals surface area contributed by atoms with Gasteiger partial charge in [-0.1, -0.05) is 118 Å². The molecule has 0 nitrogen and oxygen atoms in total. The largest absolute Gasteiger partial charge is 0.184 e. The van der Waals surface area contributed by atoms with Crippen LogP contribution in [0.15, 0.2) is 152 Å². The first-order chi connectivity index (χ1) is 26.8. The van der Waals surface area contributed by atoms with Crippen LogP contribution in [0.1, 0.15) is 22.3 Å². The molecule has 0 spiro atoms. The molecule has 0 aromatic heterocycles. The van der Waals surface area contributed by atoms with Crippen molar-refractivity contribution in [3.05, 3.63) is 180 Å². The Morgan fingerprint density at radius 2 is 0.982 bits per heavy atom.